The minimum absolute atomic E-state index is 0.00628. The number of ketones is 1. The number of esters is 1. The molecule has 3 aliphatic rings. The van der Waals surface area contributed by atoms with Crippen LogP contribution in [0, 0.1) is 17.3 Å². The second-order valence-corrected chi connectivity index (χ2v) is 5.80. The van der Waals surface area contributed by atoms with Crippen molar-refractivity contribution in [3.8, 4) is 0 Å². The lowest BCUT2D eigenvalue weighted by Gasteiger charge is -2.46. The van der Waals surface area contributed by atoms with Gasteiger partial charge in [0.2, 0.25) is 0 Å². The van der Waals surface area contributed by atoms with E-state index in [4.69, 9.17) is 4.74 Å². The van der Waals surface area contributed by atoms with Gasteiger partial charge in [-0.25, -0.2) is 4.79 Å². The number of ether oxygens (including phenoxy) is 1. The third-order valence-electron chi connectivity index (χ3n) is 4.70. The molecule has 3 nitrogen and oxygen atoms in total. The van der Waals surface area contributed by atoms with E-state index in [1.54, 1.807) is 6.08 Å². The van der Waals surface area contributed by atoms with Gasteiger partial charge >= 0.3 is 5.97 Å². The number of carbonyl (C=O) groups is 2. The summed E-state index contributed by atoms with van der Waals surface area (Å²) in [5.74, 6) is -0.130. The molecule has 0 spiro atoms. The van der Waals surface area contributed by atoms with Gasteiger partial charge in [-0.1, -0.05) is 26.2 Å². The van der Waals surface area contributed by atoms with Crippen LogP contribution >= 0.6 is 0 Å². The van der Waals surface area contributed by atoms with Crippen molar-refractivity contribution in [3.05, 3.63) is 36.5 Å². The van der Waals surface area contributed by atoms with Gasteiger partial charge in [-0.05, 0) is 35.8 Å². The Hall–Kier alpha value is -1.64. The van der Waals surface area contributed by atoms with Crippen LogP contribution in [0.25, 0.3) is 0 Å². The number of hydrogen-bond donors (Lipinski definition) is 0. The highest BCUT2D eigenvalue weighted by molar-refractivity contribution is 6.05. The van der Waals surface area contributed by atoms with Crippen molar-refractivity contribution in [1.29, 1.82) is 0 Å². The molecule has 0 amide bonds. The van der Waals surface area contributed by atoms with E-state index in [1.165, 1.54) is 0 Å². The second-order valence-electron chi connectivity index (χ2n) is 5.80. The summed E-state index contributed by atoms with van der Waals surface area (Å²) in [5.41, 5.74) is 1.08. The molecule has 0 unspecified atom stereocenters. The molecule has 94 valence electrons. The average Bonchev–Trinajstić information content (AvgIpc) is 2.58. The molecule has 1 saturated carbocycles. The zero-order valence-electron chi connectivity index (χ0n) is 10.4. The van der Waals surface area contributed by atoms with E-state index in [-0.39, 0.29) is 35.1 Å². The quantitative estimate of drug-likeness (QED) is 0.484. The van der Waals surface area contributed by atoms with E-state index in [2.05, 4.69) is 20.1 Å². The van der Waals surface area contributed by atoms with Crippen molar-refractivity contribution >= 4 is 11.8 Å². The van der Waals surface area contributed by atoms with Crippen LogP contribution < -0.4 is 0 Å². The first-order chi connectivity index (χ1) is 8.42. The monoisotopic (exact) mass is 244 g/mol. The molecule has 0 aromatic rings. The lowest BCUT2D eigenvalue weighted by atomic mass is 9.58. The molecule has 0 aromatic heterocycles. The maximum atomic E-state index is 11.7. The number of hydrogen-bond acceptors (Lipinski definition) is 3. The minimum Gasteiger partial charge on any atom is -0.458 e. The fourth-order valence-electron chi connectivity index (χ4n) is 3.52. The lowest BCUT2D eigenvalue weighted by molar-refractivity contribution is -0.141. The van der Waals surface area contributed by atoms with Crippen molar-refractivity contribution in [3.63, 3.8) is 0 Å². The Bertz CT molecular complexity index is 514. The first-order valence-electron chi connectivity index (χ1n) is 6.24. The Morgan fingerprint density at radius 2 is 2.06 bits per heavy atom. The summed E-state index contributed by atoms with van der Waals surface area (Å²) < 4.78 is 5.37. The predicted molar refractivity (Wildman–Crippen MR) is 66.6 cm³/mol. The number of carbonyl (C=O) groups excluding carboxylic acids is 2. The molecule has 0 N–H and O–H groups in total. The smallest absolute Gasteiger partial charge is 0.334 e. The first kappa shape index (κ1) is 11.5. The fraction of sp³-hybridized carbons (Fsp3) is 0.467. The van der Waals surface area contributed by atoms with Gasteiger partial charge in [-0.15, -0.1) is 0 Å². The minimum atomic E-state index is -0.284. The van der Waals surface area contributed by atoms with Gasteiger partial charge in [0.05, 0.1) is 0 Å². The van der Waals surface area contributed by atoms with Gasteiger partial charge in [0.25, 0.3) is 0 Å². The molecule has 3 rings (SSSR count). The Morgan fingerprint density at radius 1 is 1.33 bits per heavy atom. The summed E-state index contributed by atoms with van der Waals surface area (Å²) in [6, 6.07) is 0. The molecule has 0 radical (unpaired) electrons. The predicted octanol–water partition coefficient (Wildman–Crippen LogP) is 2.20. The summed E-state index contributed by atoms with van der Waals surface area (Å²) in [7, 11) is 0. The molecule has 3 heteroatoms. The molecule has 1 aliphatic heterocycles. The van der Waals surface area contributed by atoms with Crippen molar-refractivity contribution in [2.75, 3.05) is 0 Å². The lowest BCUT2D eigenvalue weighted by Crippen LogP contribution is -2.43. The zero-order valence-corrected chi connectivity index (χ0v) is 10.4. The van der Waals surface area contributed by atoms with Crippen molar-refractivity contribution in [2.24, 2.45) is 17.3 Å². The molecule has 1 saturated heterocycles. The van der Waals surface area contributed by atoms with Crippen LogP contribution in [0.1, 0.15) is 19.8 Å². The van der Waals surface area contributed by atoms with E-state index in [9.17, 15) is 9.59 Å². The van der Waals surface area contributed by atoms with Gasteiger partial charge in [-0.2, -0.15) is 0 Å². The highest BCUT2D eigenvalue weighted by Crippen LogP contribution is 2.53. The summed E-state index contributed by atoms with van der Waals surface area (Å²) in [5, 5.41) is 0. The summed E-state index contributed by atoms with van der Waals surface area (Å²) >= 11 is 0. The van der Waals surface area contributed by atoms with Crippen LogP contribution in [0.3, 0.4) is 0 Å². The van der Waals surface area contributed by atoms with Gasteiger partial charge in [0.15, 0.2) is 5.78 Å². The number of rotatable bonds is 0. The van der Waals surface area contributed by atoms with E-state index < -0.39 is 0 Å². The summed E-state index contributed by atoms with van der Waals surface area (Å²) in [6.07, 6.45) is 4.96. The van der Waals surface area contributed by atoms with Gasteiger partial charge in [0, 0.05) is 11.5 Å². The third-order valence-corrected chi connectivity index (χ3v) is 4.70. The van der Waals surface area contributed by atoms with E-state index in [0.717, 1.165) is 12.8 Å². The largest absolute Gasteiger partial charge is 0.458 e. The number of allylic oxidation sites excluding steroid dienone is 3. The molecule has 0 aromatic carbocycles. The molecular weight excluding hydrogens is 228 g/mol. The molecular formula is C15H16O3. The maximum Gasteiger partial charge on any atom is 0.334 e. The van der Waals surface area contributed by atoms with Gasteiger partial charge < -0.3 is 4.74 Å². The van der Waals surface area contributed by atoms with E-state index in [0.29, 0.717) is 11.1 Å². The summed E-state index contributed by atoms with van der Waals surface area (Å²) in [6.45, 7) is 9.85. The Morgan fingerprint density at radius 3 is 2.78 bits per heavy atom. The molecule has 0 bridgehead atoms. The van der Waals surface area contributed by atoms with Crippen LogP contribution in [-0.4, -0.2) is 17.9 Å². The van der Waals surface area contributed by atoms with Crippen molar-refractivity contribution in [2.45, 2.75) is 25.9 Å². The average molecular weight is 244 g/mol. The van der Waals surface area contributed by atoms with Crippen molar-refractivity contribution in [1.82, 2.24) is 0 Å². The Balaban J connectivity index is 1.99. The summed E-state index contributed by atoms with van der Waals surface area (Å²) in [4.78, 5) is 23.3. The molecule has 18 heavy (non-hydrogen) atoms. The van der Waals surface area contributed by atoms with Crippen LogP contribution in [-0.2, 0) is 14.3 Å². The van der Waals surface area contributed by atoms with Crippen LogP contribution in [0.4, 0.5) is 0 Å². The molecule has 2 fully saturated rings. The molecule has 1 heterocycles. The van der Waals surface area contributed by atoms with E-state index in [1.807, 2.05) is 6.08 Å². The standard InChI is InChI=1S/C15H16O3/c1-8-10-6-11-9(2)12(16)4-5-15(11,3)7-13(10)18-14(8)17/h4-5,10-11,13H,1-2,6-7H2,3H3/t10-,11+,13-,15+/m1/s1. The SMILES string of the molecule is C=C1C(=O)O[C@@H]2C[C@]3(C)C=CC(=O)C(=C)[C@@H]3C[C@H]12. The number of fused-ring (bicyclic) bond motifs is 2. The fourth-order valence-corrected chi connectivity index (χ4v) is 3.52. The Labute approximate surface area is 106 Å². The van der Waals surface area contributed by atoms with E-state index >= 15 is 0 Å². The van der Waals surface area contributed by atoms with Crippen LogP contribution in [0.15, 0.2) is 36.5 Å². The molecule has 2 aliphatic carbocycles. The van der Waals surface area contributed by atoms with Crippen LogP contribution in [0.2, 0.25) is 0 Å². The maximum absolute atomic E-state index is 11.7. The third kappa shape index (κ3) is 1.36. The van der Waals surface area contributed by atoms with Gasteiger partial charge in [-0.3, -0.25) is 4.79 Å². The van der Waals surface area contributed by atoms with Crippen molar-refractivity contribution < 1.29 is 14.3 Å². The second kappa shape index (κ2) is 3.44. The van der Waals surface area contributed by atoms with Crippen LogP contribution in [0.5, 0.6) is 0 Å². The first-order valence-corrected chi connectivity index (χ1v) is 6.24. The topological polar surface area (TPSA) is 43.4 Å². The highest BCUT2D eigenvalue weighted by Gasteiger charge is 2.52. The molecule has 4 atom stereocenters. The zero-order chi connectivity index (χ0) is 13.1. The highest BCUT2D eigenvalue weighted by atomic mass is 16.6. The Kier molecular flexibility index (Phi) is 2.19. The van der Waals surface area contributed by atoms with Gasteiger partial charge in [0.1, 0.15) is 6.10 Å². The normalized spacial score (nSPS) is 42.6.